The van der Waals surface area contributed by atoms with Gasteiger partial charge in [-0.2, -0.15) is 12.6 Å². The SMILES string of the molecule is Fc1ccc(SCCCCCCCCCS)cc1F. The molecular weight excluding hydrogens is 282 g/mol. The van der Waals surface area contributed by atoms with Gasteiger partial charge in [0.1, 0.15) is 0 Å². The van der Waals surface area contributed by atoms with Crippen molar-refractivity contribution in [1.29, 1.82) is 0 Å². The van der Waals surface area contributed by atoms with E-state index in [1.807, 2.05) is 0 Å². The normalized spacial score (nSPS) is 10.9. The molecule has 1 rings (SSSR count). The Hall–Kier alpha value is -0.220. The Balaban J connectivity index is 2.00. The summed E-state index contributed by atoms with van der Waals surface area (Å²) >= 11 is 5.79. The quantitative estimate of drug-likeness (QED) is 0.328. The van der Waals surface area contributed by atoms with Crippen molar-refractivity contribution in [1.82, 2.24) is 0 Å². The molecule has 0 saturated carbocycles. The summed E-state index contributed by atoms with van der Waals surface area (Å²) in [6.07, 6.45) is 8.72. The minimum Gasteiger partial charge on any atom is -0.204 e. The Morgan fingerprint density at radius 2 is 1.47 bits per heavy atom. The summed E-state index contributed by atoms with van der Waals surface area (Å²) in [6.45, 7) is 0. The average Bonchev–Trinajstić information content (AvgIpc) is 2.41. The Kier molecular flexibility index (Phi) is 9.35. The Morgan fingerprint density at radius 3 is 2.11 bits per heavy atom. The van der Waals surface area contributed by atoms with Crippen molar-refractivity contribution in [3.63, 3.8) is 0 Å². The van der Waals surface area contributed by atoms with Crippen molar-refractivity contribution >= 4 is 24.4 Å². The third kappa shape index (κ3) is 7.83. The highest BCUT2D eigenvalue weighted by molar-refractivity contribution is 7.99. The van der Waals surface area contributed by atoms with E-state index in [0.29, 0.717) is 0 Å². The first kappa shape index (κ1) is 16.8. The summed E-state index contributed by atoms with van der Waals surface area (Å²) in [5.41, 5.74) is 0. The molecule has 108 valence electrons. The Bertz CT molecular complexity index is 356. The molecule has 0 amide bonds. The zero-order valence-electron chi connectivity index (χ0n) is 11.2. The van der Waals surface area contributed by atoms with Crippen LogP contribution in [0, 0.1) is 11.6 Å². The van der Waals surface area contributed by atoms with E-state index in [2.05, 4.69) is 12.6 Å². The van der Waals surface area contributed by atoms with Gasteiger partial charge in [0.15, 0.2) is 11.6 Å². The summed E-state index contributed by atoms with van der Waals surface area (Å²) in [5, 5.41) is 0. The second kappa shape index (κ2) is 10.6. The molecule has 0 radical (unpaired) electrons. The lowest BCUT2D eigenvalue weighted by molar-refractivity contribution is 0.506. The zero-order valence-corrected chi connectivity index (χ0v) is 12.9. The van der Waals surface area contributed by atoms with Gasteiger partial charge in [0, 0.05) is 4.90 Å². The van der Waals surface area contributed by atoms with Crippen molar-refractivity contribution in [3.05, 3.63) is 29.8 Å². The van der Waals surface area contributed by atoms with E-state index >= 15 is 0 Å². The fourth-order valence-corrected chi connectivity index (χ4v) is 3.01. The van der Waals surface area contributed by atoms with Crippen LogP contribution in [0.4, 0.5) is 8.78 Å². The predicted octanol–water partition coefficient (Wildman–Crippen LogP) is 5.72. The van der Waals surface area contributed by atoms with Crippen LogP contribution in [-0.4, -0.2) is 11.5 Å². The maximum absolute atomic E-state index is 13.0. The van der Waals surface area contributed by atoms with Gasteiger partial charge in [-0.25, -0.2) is 8.78 Å². The second-order valence-corrected chi connectivity index (χ2v) is 6.24. The number of thioether (sulfide) groups is 1. The Morgan fingerprint density at radius 1 is 0.842 bits per heavy atom. The molecule has 19 heavy (non-hydrogen) atoms. The molecule has 0 aliphatic rings. The van der Waals surface area contributed by atoms with Crippen LogP contribution in [0.1, 0.15) is 44.9 Å². The van der Waals surface area contributed by atoms with Crippen LogP contribution in [0.3, 0.4) is 0 Å². The number of hydrogen-bond acceptors (Lipinski definition) is 2. The Labute approximate surface area is 124 Å². The van der Waals surface area contributed by atoms with E-state index in [1.165, 1.54) is 50.7 Å². The third-order valence-corrected chi connectivity index (χ3v) is 4.36. The molecule has 4 heteroatoms. The first-order chi connectivity index (χ1) is 9.24. The molecule has 0 atom stereocenters. The fraction of sp³-hybridized carbons (Fsp3) is 0.600. The van der Waals surface area contributed by atoms with Gasteiger partial charge in [0.2, 0.25) is 0 Å². The van der Waals surface area contributed by atoms with Crippen molar-refractivity contribution in [2.24, 2.45) is 0 Å². The molecule has 0 N–H and O–H groups in total. The maximum Gasteiger partial charge on any atom is 0.159 e. The van der Waals surface area contributed by atoms with E-state index in [0.717, 1.165) is 22.8 Å². The third-order valence-electron chi connectivity index (χ3n) is 2.96. The number of unbranched alkanes of at least 4 members (excludes halogenated alkanes) is 6. The summed E-state index contributed by atoms with van der Waals surface area (Å²) in [6, 6.07) is 4.11. The van der Waals surface area contributed by atoms with Gasteiger partial charge in [-0.3, -0.25) is 0 Å². The van der Waals surface area contributed by atoms with Crippen molar-refractivity contribution in [2.45, 2.75) is 49.8 Å². The molecule has 0 heterocycles. The van der Waals surface area contributed by atoms with Crippen LogP contribution in [-0.2, 0) is 0 Å². The highest BCUT2D eigenvalue weighted by Gasteiger charge is 2.02. The van der Waals surface area contributed by atoms with Crippen molar-refractivity contribution in [3.8, 4) is 0 Å². The number of halogens is 2. The molecule has 0 nitrogen and oxygen atoms in total. The summed E-state index contributed by atoms with van der Waals surface area (Å²) in [4.78, 5) is 0.813. The molecule has 0 fully saturated rings. The van der Waals surface area contributed by atoms with E-state index in [9.17, 15) is 8.78 Å². The van der Waals surface area contributed by atoms with Crippen LogP contribution >= 0.6 is 24.4 Å². The van der Waals surface area contributed by atoms with E-state index in [-0.39, 0.29) is 0 Å². The number of hydrogen-bond donors (Lipinski definition) is 1. The molecule has 0 unspecified atom stereocenters. The minimum atomic E-state index is -0.773. The second-order valence-electron chi connectivity index (χ2n) is 4.62. The zero-order chi connectivity index (χ0) is 13.9. The van der Waals surface area contributed by atoms with Crippen LogP contribution in [0.15, 0.2) is 23.1 Å². The largest absolute Gasteiger partial charge is 0.204 e. The molecule has 0 aliphatic heterocycles. The van der Waals surface area contributed by atoms with Gasteiger partial charge in [0.05, 0.1) is 0 Å². The van der Waals surface area contributed by atoms with Crippen LogP contribution in [0.25, 0.3) is 0 Å². The fourth-order valence-electron chi connectivity index (χ4n) is 1.85. The van der Waals surface area contributed by atoms with Crippen molar-refractivity contribution < 1.29 is 8.78 Å². The van der Waals surface area contributed by atoms with Crippen LogP contribution < -0.4 is 0 Å². The van der Waals surface area contributed by atoms with Gasteiger partial charge >= 0.3 is 0 Å². The molecule has 0 bridgehead atoms. The van der Waals surface area contributed by atoms with Crippen molar-refractivity contribution in [2.75, 3.05) is 11.5 Å². The van der Waals surface area contributed by atoms with E-state index in [1.54, 1.807) is 17.8 Å². The number of thiol groups is 1. The predicted molar refractivity (Wildman–Crippen MR) is 83.3 cm³/mol. The van der Waals surface area contributed by atoms with Gasteiger partial charge < -0.3 is 0 Å². The molecule has 1 aromatic carbocycles. The first-order valence-electron chi connectivity index (χ1n) is 6.93. The highest BCUT2D eigenvalue weighted by atomic mass is 32.2. The lowest BCUT2D eigenvalue weighted by Crippen LogP contribution is -1.86. The highest BCUT2D eigenvalue weighted by Crippen LogP contribution is 2.22. The molecule has 0 aromatic heterocycles. The molecule has 1 aromatic rings. The summed E-state index contributed by atoms with van der Waals surface area (Å²) < 4.78 is 25.7. The number of benzene rings is 1. The molecule has 0 saturated heterocycles. The minimum absolute atomic E-state index is 0.755. The molecule has 0 aliphatic carbocycles. The summed E-state index contributed by atoms with van der Waals surface area (Å²) in [7, 11) is 0. The molecular formula is C15H22F2S2. The van der Waals surface area contributed by atoms with Gasteiger partial charge in [-0.1, -0.05) is 32.1 Å². The monoisotopic (exact) mass is 304 g/mol. The lowest BCUT2D eigenvalue weighted by Gasteiger charge is -2.03. The molecule has 0 spiro atoms. The smallest absolute Gasteiger partial charge is 0.159 e. The van der Waals surface area contributed by atoms with Crippen LogP contribution in [0.5, 0.6) is 0 Å². The lowest BCUT2D eigenvalue weighted by atomic mass is 10.1. The standard InChI is InChI=1S/C15H22F2S2/c16-14-9-8-13(12-15(14)17)19-11-7-5-3-1-2-4-6-10-18/h8-9,12,18H,1-7,10-11H2. The van der Waals surface area contributed by atoms with Gasteiger partial charge in [-0.05, 0) is 42.5 Å². The summed E-state index contributed by atoms with van der Waals surface area (Å²) in [5.74, 6) is 0.437. The van der Waals surface area contributed by atoms with Crippen LogP contribution in [0.2, 0.25) is 0 Å². The number of rotatable bonds is 10. The van der Waals surface area contributed by atoms with Gasteiger partial charge in [-0.15, -0.1) is 11.8 Å². The maximum atomic E-state index is 13.0. The first-order valence-corrected chi connectivity index (χ1v) is 8.54. The topological polar surface area (TPSA) is 0 Å². The van der Waals surface area contributed by atoms with Gasteiger partial charge in [0.25, 0.3) is 0 Å². The average molecular weight is 304 g/mol. The van der Waals surface area contributed by atoms with E-state index in [4.69, 9.17) is 0 Å². The van der Waals surface area contributed by atoms with E-state index < -0.39 is 11.6 Å².